The molecule has 0 unspecified atom stereocenters. The summed E-state index contributed by atoms with van der Waals surface area (Å²) in [6, 6.07) is 8.54. The third kappa shape index (κ3) is 2.72. The van der Waals surface area contributed by atoms with E-state index in [0.29, 0.717) is 5.92 Å². The molecule has 0 spiro atoms. The smallest absolute Gasteiger partial charge is 0.177 e. The zero-order valence-corrected chi connectivity index (χ0v) is 12.1. The summed E-state index contributed by atoms with van der Waals surface area (Å²) in [6.07, 6.45) is 3.06. The standard InChI is InChI=1S/C15H20N2S/c1-11(2)14-10-16-15(18)17(14)9-8-13-7-5-4-6-12(13)3/h4-7,10-11H,8-9H2,1-3H3,(H,16,18). The van der Waals surface area contributed by atoms with Crippen LogP contribution in [0.5, 0.6) is 0 Å². The van der Waals surface area contributed by atoms with E-state index in [-0.39, 0.29) is 0 Å². The Labute approximate surface area is 114 Å². The molecule has 0 aliphatic carbocycles. The second-order valence-electron chi connectivity index (χ2n) is 5.00. The molecule has 1 heterocycles. The summed E-state index contributed by atoms with van der Waals surface area (Å²) in [4.78, 5) is 3.15. The van der Waals surface area contributed by atoms with Gasteiger partial charge in [-0.1, -0.05) is 38.1 Å². The minimum absolute atomic E-state index is 0.495. The highest BCUT2D eigenvalue weighted by atomic mass is 32.1. The van der Waals surface area contributed by atoms with Crippen LogP contribution >= 0.6 is 12.2 Å². The summed E-state index contributed by atoms with van der Waals surface area (Å²) in [5.41, 5.74) is 4.04. The molecule has 0 radical (unpaired) electrons. The van der Waals surface area contributed by atoms with E-state index in [1.54, 1.807) is 0 Å². The van der Waals surface area contributed by atoms with Crippen LogP contribution in [0.1, 0.15) is 36.6 Å². The van der Waals surface area contributed by atoms with Gasteiger partial charge in [-0.3, -0.25) is 0 Å². The molecule has 0 aliphatic rings. The lowest BCUT2D eigenvalue weighted by Crippen LogP contribution is -2.07. The number of hydrogen-bond acceptors (Lipinski definition) is 1. The predicted octanol–water partition coefficient (Wildman–Crippen LogP) is 4.22. The maximum absolute atomic E-state index is 5.35. The topological polar surface area (TPSA) is 20.7 Å². The van der Waals surface area contributed by atoms with E-state index in [9.17, 15) is 0 Å². The van der Waals surface area contributed by atoms with Crippen molar-refractivity contribution in [2.75, 3.05) is 0 Å². The first-order chi connectivity index (χ1) is 8.59. The van der Waals surface area contributed by atoms with Gasteiger partial charge in [0.1, 0.15) is 0 Å². The number of aromatic amines is 1. The number of imidazole rings is 1. The van der Waals surface area contributed by atoms with Crippen LogP contribution in [0.2, 0.25) is 0 Å². The van der Waals surface area contributed by atoms with Crippen molar-refractivity contribution < 1.29 is 0 Å². The first-order valence-corrected chi connectivity index (χ1v) is 6.83. The van der Waals surface area contributed by atoms with Crippen LogP contribution in [-0.2, 0) is 13.0 Å². The molecule has 1 N–H and O–H groups in total. The summed E-state index contributed by atoms with van der Waals surface area (Å²) in [7, 11) is 0. The highest BCUT2D eigenvalue weighted by Crippen LogP contribution is 2.16. The first-order valence-electron chi connectivity index (χ1n) is 6.42. The predicted molar refractivity (Wildman–Crippen MR) is 78.6 cm³/mol. The fraction of sp³-hybridized carbons (Fsp3) is 0.400. The SMILES string of the molecule is Cc1ccccc1CCn1c(C(C)C)c[nH]c1=S. The minimum Gasteiger partial charge on any atom is -0.337 e. The monoisotopic (exact) mass is 260 g/mol. The minimum atomic E-state index is 0.495. The van der Waals surface area contributed by atoms with E-state index in [4.69, 9.17) is 12.2 Å². The fourth-order valence-corrected chi connectivity index (χ4v) is 2.50. The molecule has 0 atom stereocenters. The zero-order valence-electron chi connectivity index (χ0n) is 11.2. The van der Waals surface area contributed by atoms with Crippen LogP contribution in [0.25, 0.3) is 0 Å². The molecule has 2 aromatic rings. The maximum Gasteiger partial charge on any atom is 0.177 e. The van der Waals surface area contributed by atoms with Crippen molar-refractivity contribution in [1.82, 2.24) is 9.55 Å². The van der Waals surface area contributed by atoms with Crippen molar-refractivity contribution >= 4 is 12.2 Å². The summed E-state index contributed by atoms with van der Waals surface area (Å²) >= 11 is 5.35. The lowest BCUT2D eigenvalue weighted by molar-refractivity contribution is 0.626. The molecule has 18 heavy (non-hydrogen) atoms. The van der Waals surface area contributed by atoms with E-state index < -0.39 is 0 Å². The fourth-order valence-electron chi connectivity index (χ4n) is 2.24. The zero-order chi connectivity index (χ0) is 13.1. The van der Waals surface area contributed by atoms with E-state index in [1.807, 2.05) is 6.20 Å². The molecule has 0 saturated carbocycles. The Morgan fingerprint density at radius 2 is 2.00 bits per heavy atom. The molecule has 1 aromatic carbocycles. The van der Waals surface area contributed by atoms with Crippen LogP contribution in [-0.4, -0.2) is 9.55 Å². The Morgan fingerprint density at radius 1 is 1.28 bits per heavy atom. The number of aromatic nitrogens is 2. The molecular formula is C15H20N2S. The van der Waals surface area contributed by atoms with E-state index in [0.717, 1.165) is 17.7 Å². The van der Waals surface area contributed by atoms with Gasteiger partial charge < -0.3 is 9.55 Å². The number of H-pyrrole nitrogens is 1. The molecule has 0 fully saturated rings. The van der Waals surface area contributed by atoms with Crippen molar-refractivity contribution in [3.05, 3.63) is 52.1 Å². The molecule has 0 saturated heterocycles. The van der Waals surface area contributed by atoms with Crippen molar-refractivity contribution in [3.8, 4) is 0 Å². The number of rotatable bonds is 4. The maximum atomic E-state index is 5.35. The Balaban J connectivity index is 2.18. The van der Waals surface area contributed by atoms with Crippen LogP contribution in [0.4, 0.5) is 0 Å². The van der Waals surface area contributed by atoms with Gasteiger partial charge in [-0.15, -0.1) is 0 Å². The van der Waals surface area contributed by atoms with Crippen molar-refractivity contribution in [2.45, 2.75) is 39.7 Å². The lowest BCUT2D eigenvalue weighted by Gasteiger charge is -2.12. The summed E-state index contributed by atoms with van der Waals surface area (Å²) < 4.78 is 3.04. The van der Waals surface area contributed by atoms with Crippen LogP contribution in [0.15, 0.2) is 30.5 Å². The third-order valence-electron chi connectivity index (χ3n) is 3.36. The molecule has 0 aliphatic heterocycles. The average molecular weight is 260 g/mol. The number of nitrogens with one attached hydrogen (secondary N) is 1. The van der Waals surface area contributed by atoms with Crippen molar-refractivity contribution in [1.29, 1.82) is 0 Å². The van der Waals surface area contributed by atoms with E-state index in [1.165, 1.54) is 16.8 Å². The quantitative estimate of drug-likeness (QED) is 0.816. The molecule has 96 valence electrons. The van der Waals surface area contributed by atoms with Gasteiger partial charge in [0.25, 0.3) is 0 Å². The molecule has 2 nitrogen and oxygen atoms in total. The molecule has 2 rings (SSSR count). The van der Waals surface area contributed by atoms with Crippen LogP contribution in [0.3, 0.4) is 0 Å². The third-order valence-corrected chi connectivity index (χ3v) is 3.70. The summed E-state index contributed by atoms with van der Waals surface area (Å²) in [5, 5.41) is 0. The van der Waals surface area contributed by atoms with Gasteiger partial charge >= 0.3 is 0 Å². The Hall–Kier alpha value is -1.35. The van der Waals surface area contributed by atoms with Crippen LogP contribution < -0.4 is 0 Å². The summed E-state index contributed by atoms with van der Waals surface area (Å²) in [5.74, 6) is 0.495. The number of benzene rings is 1. The van der Waals surface area contributed by atoms with Gasteiger partial charge in [0.05, 0.1) is 0 Å². The number of hydrogen-bond donors (Lipinski definition) is 1. The van der Waals surface area contributed by atoms with Gasteiger partial charge in [0.2, 0.25) is 0 Å². The molecule has 1 aromatic heterocycles. The number of aryl methyl sites for hydroxylation is 2. The average Bonchev–Trinajstić information content (AvgIpc) is 2.70. The number of nitrogens with zero attached hydrogens (tertiary/aromatic N) is 1. The van der Waals surface area contributed by atoms with Gasteiger partial charge in [-0.05, 0) is 42.6 Å². The largest absolute Gasteiger partial charge is 0.337 e. The van der Waals surface area contributed by atoms with E-state index in [2.05, 4.69) is 54.6 Å². The second-order valence-corrected chi connectivity index (χ2v) is 5.39. The van der Waals surface area contributed by atoms with Crippen molar-refractivity contribution in [3.63, 3.8) is 0 Å². The van der Waals surface area contributed by atoms with Crippen molar-refractivity contribution in [2.24, 2.45) is 0 Å². The molecule has 3 heteroatoms. The van der Waals surface area contributed by atoms with Gasteiger partial charge in [0, 0.05) is 18.4 Å². The van der Waals surface area contributed by atoms with Gasteiger partial charge in [-0.25, -0.2) is 0 Å². The van der Waals surface area contributed by atoms with Gasteiger partial charge in [-0.2, -0.15) is 0 Å². The molecular weight excluding hydrogens is 240 g/mol. The Bertz CT molecular complexity index is 578. The van der Waals surface area contributed by atoms with Gasteiger partial charge in [0.15, 0.2) is 4.77 Å². The first kappa shape index (κ1) is 13.1. The summed E-state index contributed by atoms with van der Waals surface area (Å²) in [6.45, 7) is 7.50. The Kier molecular flexibility index (Phi) is 4.02. The molecule has 0 amide bonds. The molecule has 0 bridgehead atoms. The highest BCUT2D eigenvalue weighted by molar-refractivity contribution is 7.71. The normalized spacial score (nSPS) is 11.1. The second kappa shape index (κ2) is 5.53. The van der Waals surface area contributed by atoms with Crippen LogP contribution in [0, 0.1) is 11.7 Å². The Morgan fingerprint density at radius 3 is 2.67 bits per heavy atom. The lowest BCUT2D eigenvalue weighted by atomic mass is 10.1. The van der Waals surface area contributed by atoms with E-state index >= 15 is 0 Å². The highest BCUT2D eigenvalue weighted by Gasteiger charge is 2.08.